The second-order valence-corrected chi connectivity index (χ2v) is 8.64. The second kappa shape index (κ2) is 9.68. The van der Waals surface area contributed by atoms with Gasteiger partial charge in [-0.15, -0.1) is 11.3 Å². The summed E-state index contributed by atoms with van der Waals surface area (Å²) in [4.78, 5) is 25.1. The van der Waals surface area contributed by atoms with Gasteiger partial charge in [0.05, 0.1) is 11.3 Å². The number of nitrogens with two attached hydrogens (primary N) is 1. The van der Waals surface area contributed by atoms with Gasteiger partial charge in [-0.1, -0.05) is 35.5 Å². The predicted molar refractivity (Wildman–Crippen MR) is 122 cm³/mol. The number of nitriles is 1. The van der Waals surface area contributed by atoms with Gasteiger partial charge in [0.1, 0.15) is 39.0 Å². The third-order valence-electron chi connectivity index (χ3n) is 4.61. The van der Waals surface area contributed by atoms with Gasteiger partial charge in [-0.2, -0.15) is 17.0 Å². The maximum Gasteiger partial charge on any atom is 0.326 e. The van der Waals surface area contributed by atoms with Crippen LogP contribution in [0.15, 0.2) is 34.9 Å². The highest BCUT2D eigenvalue weighted by Gasteiger charge is 2.29. The van der Waals surface area contributed by atoms with Gasteiger partial charge in [0.2, 0.25) is 5.78 Å². The summed E-state index contributed by atoms with van der Waals surface area (Å²) in [6.07, 6.45) is 2.23. The second-order valence-electron chi connectivity index (χ2n) is 6.63. The van der Waals surface area contributed by atoms with Crippen molar-refractivity contribution in [1.29, 1.82) is 5.26 Å². The number of hydrogen-bond donors (Lipinski definition) is 3. The van der Waals surface area contributed by atoms with Crippen molar-refractivity contribution in [2.45, 2.75) is 19.4 Å². The summed E-state index contributed by atoms with van der Waals surface area (Å²) >= 11 is 2.48. The van der Waals surface area contributed by atoms with Crippen LogP contribution in [0.3, 0.4) is 0 Å². The average Bonchev–Trinajstić information content (AvgIpc) is 3.30. The molecular formula is C21H20N4O4S2. The van der Waals surface area contributed by atoms with Crippen molar-refractivity contribution in [2.24, 2.45) is 0 Å². The van der Waals surface area contributed by atoms with Gasteiger partial charge in [0.25, 0.3) is 0 Å². The van der Waals surface area contributed by atoms with Crippen molar-refractivity contribution in [2.75, 3.05) is 23.1 Å². The number of carbonyl (C=O) groups is 2. The van der Waals surface area contributed by atoms with Crippen LogP contribution in [-0.4, -0.2) is 40.1 Å². The van der Waals surface area contributed by atoms with Crippen molar-refractivity contribution >= 4 is 45.5 Å². The summed E-state index contributed by atoms with van der Waals surface area (Å²) < 4.78 is 5.27. The van der Waals surface area contributed by atoms with E-state index in [1.165, 1.54) is 11.8 Å². The van der Waals surface area contributed by atoms with E-state index in [-0.39, 0.29) is 26.7 Å². The molecule has 0 bridgehead atoms. The first-order chi connectivity index (χ1) is 14.9. The smallest absolute Gasteiger partial charge is 0.326 e. The quantitative estimate of drug-likeness (QED) is 0.407. The highest BCUT2D eigenvalue weighted by atomic mass is 32.2. The van der Waals surface area contributed by atoms with Crippen LogP contribution in [0.4, 0.5) is 10.7 Å². The molecule has 0 aliphatic heterocycles. The van der Waals surface area contributed by atoms with Crippen molar-refractivity contribution in [1.82, 2.24) is 5.16 Å². The molecule has 1 unspecified atom stereocenters. The minimum Gasteiger partial charge on any atom is -0.480 e. The van der Waals surface area contributed by atoms with E-state index in [4.69, 9.17) is 10.3 Å². The van der Waals surface area contributed by atoms with E-state index in [9.17, 15) is 20.0 Å². The number of carboxylic acids is 1. The number of aliphatic carboxylic acids is 1. The molecule has 0 radical (unpaired) electrons. The lowest BCUT2D eigenvalue weighted by Gasteiger charge is -2.13. The number of carbonyl (C=O) groups excluding carboxylic acids is 1. The van der Waals surface area contributed by atoms with E-state index in [0.29, 0.717) is 29.2 Å². The number of aryl methyl sites for hydroxylation is 1. The zero-order chi connectivity index (χ0) is 22.5. The Kier molecular flexibility index (Phi) is 6.99. The number of nitrogen functional groups attached to an aromatic ring is 1. The number of aromatic nitrogens is 1. The number of anilines is 2. The zero-order valence-corrected chi connectivity index (χ0v) is 18.5. The molecule has 3 aromatic rings. The summed E-state index contributed by atoms with van der Waals surface area (Å²) in [7, 11) is 0. The van der Waals surface area contributed by atoms with E-state index in [2.05, 4.69) is 10.5 Å². The number of thiophene rings is 1. The lowest BCUT2D eigenvalue weighted by molar-refractivity contribution is -0.137. The molecule has 4 N–H and O–H groups in total. The normalized spacial score (nSPS) is 11.6. The SMILES string of the molecule is CSCCC(Nc1sc(C(=O)c2c(-c3ccccc3)noc2C)c(N)c1C#N)C(=O)O. The molecule has 0 fully saturated rings. The number of rotatable bonds is 9. The molecule has 0 saturated heterocycles. The number of nitrogens with zero attached hydrogens (tertiary/aromatic N) is 2. The van der Waals surface area contributed by atoms with Crippen LogP contribution >= 0.6 is 23.1 Å². The van der Waals surface area contributed by atoms with Gasteiger partial charge in [0, 0.05) is 5.56 Å². The van der Waals surface area contributed by atoms with Crippen molar-refractivity contribution < 1.29 is 19.2 Å². The molecule has 2 heterocycles. The Balaban J connectivity index is 2.02. The summed E-state index contributed by atoms with van der Waals surface area (Å²) in [6, 6.07) is 10.2. The predicted octanol–water partition coefficient (Wildman–Crippen LogP) is 4.01. The number of carboxylic acid groups (broad SMARTS) is 1. The van der Waals surface area contributed by atoms with Crippen LogP contribution in [0.2, 0.25) is 0 Å². The van der Waals surface area contributed by atoms with Gasteiger partial charge in [0.15, 0.2) is 0 Å². The van der Waals surface area contributed by atoms with Gasteiger partial charge >= 0.3 is 5.97 Å². The van der Waals surface area contributed by atoms with E-state index < -0.39 is 17.8 Å². The Labute approximate surface area is 187 Å². The highest BCUT2D eigenvalue weighted by Crippen LogP contribution is 2.39. The Morgan fingerprint density at radius 2 is 2.10 bits per heavy atom. The minimum atomic E-state index is -1.04. The summed E-state index contributed by atoms with van der Waals surface area (Å²) in [5, 5.41) is 26.2. The lowest BCUT2D eigenvalue weighted by Crippen LogP contribution is -2.29. The molecule has 2 aromatic heterocycles. The highest BCUT2D eigenvalue weighted by molar-refractivity contribution is 7.98. The van der Waals surface area contributed by atoms with Crippen LogP contribution in [0, 0.1) is 18.3 Å². The Hall–Kier alpha value is -3.29. The summed E-state index contributed by atoms with van der Waals surface area (Å²) in [5.74, 6) is -0.522. The van der Waals surface area contributed by atoms with Crippen LogP contribution < -0.4 is 11.1 Å². The zero-order valence-electron chi connectivity index (χ0n) is 16.8. The molecule has 0 amide bonds. The van der Waals surface area contributed by atoms with Crippen LogP contribution in [-0.2, 0) is 4.79 Å². The first-order valence-electron chi connectivity index (χ1n) is 9.26. The van der Waals surface area contributed by atoms with Gasteiger partial charge in [-0.25, -0.2) is 4.79 Å². The Morgan fingerprint density at radius 1 is 1.39 bits per heavy atom. The fraction of sp³-hybridized carbons (Fsp3) is 0.238. The fourth-order valence-electron chi connectivity index (χ4n) is 3.02. The largest absolute Gasteiger partial charge is 0.480 e. The van der Waals surface area contributed by atoms with Gasteiger partial charge in [-0.3, -0.25) is 4.79 Å². The van der Waals surface area contributed by atoms with E-state index in [1.54, 1.807) is 6.92 Å². The topological polar surface area (TPSA) is 142 Å². The van der Waals surface area contributed by atoms with E-state index in [1.807, 2.05) is 42.7 Å². The number of benzene rings is 1. The lowest BCUT2D eigenvalue weighted by atomic mass is 10.0. The standard InChI is InChI=1S/C21H20N4O4S2/c1-11-15(17(25-29-11)12-6-4-3-5-7-12)18(26)19-16(23)13(10-22)20(31-19)24-14(21(27)28)8-9-30-2/h3-7,14,24H,8-9,23H2,1-2H3,(H,27,28). The first-order valence-corrected chi connectivity index (χ1v) is 11.5. The third kappa shape index (κ3) is 4.57. The molecule has 8 nitrogen and oxygen atoms in total. The molecule has 0 aliphatic carbocycles. The molecule has 10 heteroatoms. The molecule has 3 rings (SSSR count). The molecule has 31 heavy (non-hydrogen) atoms. The summed E-state index contributed by atoms with van der Waals surface area (Å²) in [6.45, 7) is 1.63. The molecule has 1 atom stereocenters. The van der Waals surface area contributed by atoms with Gasteiger partial charge in [-0.05, 0) is 25.4 Å². The summed E-state index contributed by atoms with van der Waals surface area (Å²) in [5.41, 5.74) is 7.55. The maximum atomic E-state index is 13.4. The molecule has 160 valence electrons. The van der Waals surface area contributed by atoms with Crippen LogP contribution in [0.25, 0.3) is 11.3 Å². The Bertz CT molecular complexity index is 1150. The van der Waals surface area contributed by atoms with Crippen molar-refractivity contribution in [3.8, 4) is 17.3 Å². The number of hydrogen-bond acceptors (Lipinski definition) is 9. The fourth-order valence-corrected chi connectivity index (χ4v) is 4.56. The number of nitrogens with one attached hydrogen (secondary N) is 1. The molecule has 0 aliphatic rings. The monoisotopic (exact) mass is 456 g/mol. The first kappa shape index (κ1) is 22.4. The van der Waals surface area contributed by atoms with E-state index in [0.717, 1.165) is 11.3 Å². The molecule has 1 aromatic carbocycles. The van der Waals surface area contributed by atoms with Crippen molar-refractivity contribution in [3.63, 3.8) is 0 Å². The van der Waals surface area contributed by atoms with Crippen molar-refractivity contribution in [3.05, 3.63) is 52.1 Å². The minimum absolute atomic E-state index is 0.00798. The van der Waals surface area contributed by atoms with E-state index >= 15 is 0 Å². The maximum absolute atomic E-state index is 13.4. The van der Waals surface area contributed by atoms with Crippen LogP contribution in [0.1, 0.15) is 33.0 Å². The number of thioether (sulfide) groups is 1. The van der Waals surface area contributed by atoms with Crippen LogP contribution in [0.5, 0.6) is 0 Å². The average molecular weight is 457 g/mol. The molecule has 0 spiro atoms. The molecular weight excluding hydrogens is 436 g/mol. The third-order valence-corrected chi connectivity index (χ3v) is 6.39. The number of ketones is 1. The Morgan fingerprint density at radius 3 is 2.71 bits per heavy atom. The van der Waals surface area contributed by atoms with Gasteiger partial charge < -0.3 is 20.7 Å². The molecule has 0 saturated carbocycles.